The molecule has 2 aromatic rings. The van der Waals surface area contributed by atoms with E-state index in [9.17, 15) is 9.59 Å². The van der Waals surface area contributed by atoms with Gasteiger partial charge in [-0.3, -0.25) is 15.3 Å². The highest BCUT2D eigenvalue weighted by atomic mass is 32.1. The molecule has 2 aliphatic rings. The number of amides is 2. The summed E-state index contributed by atoms with van der Waals surface area (Å²) in [5.74, 6) is 0.326. The van der Waals surface area contributed by atoms with Gasteiger partial charge in [0.2, 0.25) is 0 Å². The van der Waals surface area contributed by atoms with Crippen molar-refractivity contribution in [2.45, 2.75) is 19.1 Å². The second-order valence-corrected chi connectivity index (χ2v) is 8.92. The maximum absolute atomic E-state index is 12.3. The fraction of sp³-hybridized carbons (Fsp3) is 0.368. The molecule has 0 saturated heterocycles. The molecule has 0 fully saturated rings. The molecule has 9 heteroatoms. The molecule has 2 aromatic heterocycles. The number of allylic oxidation sites excluding steroid dienone is 2. The Morgan fingerprint density at radius 1 is 0.929 bits per heavy atom. The van der Waals surface area contributed by atoms with Gasteiger partial charge in [0.25, 0.3) is 11.8 Å². The Kier molecular flexibility index (Phi) is 5.65. The molecule has 2 unspecified atom stereocenters. The minimum Gasteiger partial charge on any atom is -0.355 e. The third-order valence-electron chi connectivity index (χ3n) is 5.16. The molecule has 1 aliphatic carbocycles. The number of nitrogens with one attached hydrogen (secondary N) is 4. The summed E-state index contributed by atoms with van der Waals surface area (Å²) in [5, 5.41) is 16.4. The van der Waals surface area contributed by atoms with Crippen molar-refractivity contribution in [3.8, 4) is 0 Å². The summed E-state index contributed by atoms with van der Waals surface area (Å²) in [4.78, 5) is 26.1. The van der Waals surface area contributed by atoms with Crippen LogP contribution in [0.15, 0.2) is 46.4 Å². The fourth-order valence-corrected chi connectivity index (χ4v) is 5.00. The molecule has 2 amide bonds. The normalized spacial score (nSPS) is 23.5. The predicted octanol–water partition coefficient (Wildman–Crippen LogP) is 1.64. The van der Waals surface area contributed by atoms with Gasteiger partial charge in [-0.1, -0.05) is 12.1 Å². The summed E-state index contributed by atoms with van der Waals surface area (Å²) >= 11 is 2.86. The van der Waals surface area contributed by atoms with Gasteiger partial charge in [-0.05, 0) is 47.6 Å². The van der Waals surface area contributed by atoms with Crippen LogP contribution in [0.1, 0.15) is 32.2 Å². The predicted molar refractivity (Wildman–Crippen MR) is 111 cm³/mol. The van der Waals surface area contributed by atoms with Crippen molar-refractivity contribution in [2.75, 3.05) is 13.1 Å². The lowest BCUT2D eigenvalue weighted by Crippen LogP contribution is -2.41. The molecule has 28 heavy (non-hydrogen) atoms. The molecule has 1 aliphatic heterocycles. The van der Waals surface area contributed by atoms with Gasteiger partial charge in [0, 0.05) is 24.5 Å². The maximum Gasteiger partial charge on any atom is 0.261 e. The Morgan fingerprint density at radius 3 is 1.79 bits per heavy atom. The smallest absolute Gasteiger partial charge is 0.261 e. The monoisotopic (exact) mass is 417 g/mol. The zero-order valence-corrected chi connectivity index (χ0v) is 16.9. The van der Waals surface area contributed by atoms with Crippen molar-refractivity contribution in [2.24, 2.45) is 17.6 Å². The lowest BCUT2D eigenvalue weighted by Gasteiger charge is -2.32. The molecule has 0 bridgehead atoms. The molecule has 0 aromatic carbocycles. The molecular weight excluding hydrogens is 394 g/mol. The van der Waals surface area contributed by atoms with E-state index in [0.717, 1.165) is 24.2 Å². The first kappa shape index (κ1) is 19.0. The number of carbonyl (C=O) groups is 2. The van der Waals surface area contributed by atoms with Crippen LogP contribution in [0.3, 0.4) is 0 Å². The zero-order chi connectivity index (χ0) is 19.5. The Bertz CT molecular complexity index is 793. The van der Waals surface area contributed by atoms with Crippen molar-refractivity contribution >= 4 is 34.5 Å². The lowest BCUT2D eigenvalue weighted by molar-refractivity contribution is 0.0919. The molecule has 0 spiro atoms. The van der Waals surface area contributed by atoms with E-state index in [1.54, 1.807) is 0 Å². The molecule has 6 N–H and O–H groups in total. The van der Waals surface area contributed by atoms with Gasteiger partial charge in [-0.2, -0.15) is 0 Å². The standard InChI is InChI=1S/C19H23N5O2S2/c20-19-23-13-7-11(9-21-17(25)15-3-1-5-27-15)12(8-14(13)24-19)10-22-18(26)16-4-2-6-28-16/h1-6,11-12,19,23-24H,7-10,20H2,(H,21,25)(H,22,26). The molecule has 4 rings (SSSR count). The van der Waals surface area contributed by atoms with Crippen molar-refractivity contribution in [3.63, 3.8) is 0 Å². The first-order valence-electron chi connectivity index (χ1n) is 9.24. The summed E-state index contributed by atoms with van der Waals surface area (Å²) in [6.45, 7) is 1.12. The van der Waals surface area contributed by atoms with Crippen molar-refractivity contribution in [3.05, 3.63) is 56.2 Å². The summed E-state index contributed by atoms with van der Waals surface area (Å²) in [5.41, 5.74) is 8.19. The number of hydrogen-bond acceptors (Lipinski definition) is 7. The van der Waals surface area contributed by atoms with Gasteiger partial charge in [0.1, 0.15) is 6.29 Å². The minimum atomic E-state index is -0.272. The highest BCUT2D eigenvalue weighted by Crippen LogP contribution is 2.34. The molecular formula is C19H23N5O2S2. The van der Waals surface area contributed by atoms with Gasteiger partial charge < -0.3 is 21.3 Å². The molecule has 2 atom stereocenters. The van der Waals surface area contributed by atoms with Crippen LogP contribution in [0.4, 0.5) is 0 Å². The van der Waals surface area contributed by atoms with Crippen molar-refractivity contribution < 1.29 is 9.59 Å². The average molecular weight is 418 g/mol. The Hall–Kier alpha value is -2.36. The maximum atomic E-state index is 12.3. The van der Waals surface area contributed by atoms with Crippen LogP contribution in [0.5, 0.6) is 0 Å². The summed E-state index contributed by atoms with van der Waals surface area (Å²) in [6.07, 6.45) is 1.31. The highest BCUT2D eigenvalue weighted by molar-refractivity contribution is 7.12. The first-order valence-corrected chi connectivity index (χ1v) is 11.0. The van der Waals surface area contributed by atoms with Crippen LogP contribution in [0.2, 0.25) is 0 Å². The Labute approximate surface area is 171 Å². The number of thiophene rings is 2. The van der Waals surface area contributed by atoms with Crippen LogP contribution < -0.4 is 27.0 Å². The van der Waals surface area contributed by atoms with E-state index in [0.29, 0.717) is 22.8 Å². The van der Waals surface area contributed by atoms with Gasteiger partial charge in [0.15, 0.2) is 0 Å². The van der Waals surface area contributed by atoms with Gasteiger partial charge in [-0.25, -0.2) is 0 Å². The molecule has 3 heterocycles. The van der Waals surface area contributed by atoms with Crippen molar-refractivity contribution in [1.82, 2.24) is 21.3 Å². The van der Waals surface area contributed by atoms with E-state index in [1.807, 2.05) is 35.0 Å². The van der Waals surface area contributed by atoms with Crippen LogP contribution in [0, 0.1) is 11.8 Å². The van der Waals surface area contributed by atoms with E-state index in [1.165, 1.54) is 22.7 Å². The number of hydrogen-bond donors (Lipinski definition) is 5. The second kappa shape index (κ2) is 8.34. The largest absolute Gasteiger partial charge is 0.355 e. The van der Waals surface area contributed by atoms with E-state index in [4.69, 9.17) is 5.73 Å². The Morgan fingerprint density at radius 2 is 1.39 bits per heavy atom. The number of rotatable bonds is 6. The van der Waals surface area contributed by atoms with Crippen molar-refractivity contribution in [1.29, 1.82) is 0 Å². The molecule has 148 valence electrons. The van der Waals surface area contributed by atoms with Gasteiger partial charge in [0.05, 0.1) is 9.75 Å². The number of carbonyl (C=O) groups excluding carboxylic acids is 2. The summed E-state index contributed by atoms with van der Waals surface area (Å²) in [7, 11) is 0. The SMILES string of the molecule is NC1NC2=C(CC(CNC(=O)c3cccs3)C(CNC(=O)c3cccs3)C2)N1. The van der Waals surface area contributed by atoms with Crippen LogP contribution >= 0.6 is 22.7 Å². The lowest BCUT2D eigenvalue weighted by atomic mass is 9.80. The van der Waals surface area contributed by atoms with E-state index >= 15 is 0 Å². The summed E-state index contributed by atoms with van der Waals surface area (Å²) < 4.78 is 0. The van der Waals surface area contributed by atoms with Crippen LogP contribution in [0.25, 0.3) is 0 Å². The van der Waals surface area contributed by atoms with Gasteiger partial charge in [-0.15, -0.1) is 22.7 Å². The first-order chi connectivity index (χ1) is 13.6. The quantitative estimate of drug-likeness (QED) is 0.491. The highest BCUT2D eigenvalue weighted by Gasteiger charge is 2.34. The molecule has 0 radical (unpaired) electrons. The van der Waals surface area contributed by atoms with Crippen LogP contribution in [-0.2, 0) is 0 Å². The fourth-order valence-electron chi connectivity index (χ4n) is 3.72. The minimum absolute atomic E-state index is 0.0506. The zero-order valence-electron chi connectivity index (χ0n) is 15.2. The molecule has 0 saturated carbocycles. The van der Waals surface area contributed by atoms with E-state index < -0.39 is 0 Å². The van der Waals surface area contributed by atoms with E-state index in [2.05, 4.69) is 21.3 Å². The Balaban J connectivity index is 1.40. The third-order valence-corrected chi connectivity index (χ3v) is 6.90. The molecule has 7 nitrogen and oxygen atoms in total. The second-order valence-electron chi connectivity index (χ2n) is 7.03. The third kappa shape index (κ3) is 4.21. The summed E-state index contributed by atoms with van der Waals surface area (Å²) in [6, 6.07) is 7.38. The van der Waals surface area contributed by atoms with Gasteiger partial charge >= 0.3 is 0 Å². The number of nitrogens with two attached hydrogens (primary N) is 1. The van der Waals surface area contributed by atoms with Crippen LogP contribution in [-0.4, -0.2) is 31.2 Å². The van der Waals surface area contributed by atoms with E-state index in [-0.39, 0.29) is 29.9 Å². The average Bonchev–Trinajstić information content (AvgIpc) is 3.44. The topological polar surface area (TPSA) is 108 Å².